The zero-order valence-electron chi connectivity index (χ0n) is 3.77. The average Bonchev–Trinajstić information content (AvgIpc) is 1.35. The second-order valence-electron chi connectivity index (χ2n) is 1.01. The Morgan fingerprint density at radius 3 is 2.50 bits per heavy atom. The number of rotatable bonds is 2. The minimum atomic E-state index is 0.502. The normalized spacial score (nSPS) is 8.17. The molecule has 36 valence electrons. The molecule has 2 nitrogen and oxygen atoms in total. The van der Waals surface area contributed by atoms with Crippen LogP contribution >= 0.6 is 11.8 Å². The minimum absolute atomic E-state index is 0.502. The van der Waals surface area contributed by atoms with Crippen LogP contribution in [-0.2, 0) is 0 Å². The van der Waals surface area contributed by atoms with Crippen molar-refractivity contribution in [3.05, 3.63) is 0 Å². The van der Waals surface area contributed by atoms with Gasteiger partial charge in [-0.25, -0.2) is 0 Å². The second kappa shape index (κ2) is 3.03. The van der Waals surface area contributed by atoms with Crippen LogP contribution in [0.3, 0.4) is 0 Å². The van der Waals surface area contributed by atoms with Gasteiger partial charge in [0.15, 0.2) is 0 Å². The lowest BCUT2D eigenvalue weighted by atomic mass is 10.7. The maximum absolute atomic E-state index is 5.08. The molecule has 0 atom stereocenters. The van der Waals surface area contributed by atoms with Gasteiger partial charge in [-0.3, -0.25) is 11.1 Å². The van der Waals surface area contributed by atoms with Crippen molar-refractivity contribution in [1.29, 1.82) is 0 Å². The molecule has 0 amide bonds. The van der Waals surface area contributed by atoms with Gasteiger partial charge in [0.1, 0.15) is 0 Å². The molecule has 0 unspecified atom stereocenters. The molecule has 0 aromatic rings. The van der Waals surface area contributed by atoms with Crippen LogP contribution in [0.15, 0.2) is 0 Å². The first-order valence-corrected chi connectivity index (χ1v) is 3.02. The molecule has 0 bridgehead atoms. The van der Waals surface area contributed by atoms with Crippen LogP contribution in [0.25, 0.3) is 0 Å². The van der Waals surface area contributed by atoms with E-state index in [2.05, 4.69) is 0 Å². The Hall–Kier alpha value is -0.180. The van der Waals surface area contributed by atoms with Crippen LogP contribution in [0.1, 0.15) is 0 Å². The predicted molar refractivity (Wildman–Crippen MR) is 29.5 cm³/mol. The lowest BCUT2D eigenvalue weighted by Crippen LogP contribution is -2.47. The van der Waals surface area contributed by atoms with Gasteiger partial charge >= 0.3 is 0 Å². The van der Waals surface area contributed by atoms with Gasteiger partial charge in [-0.2, -0.15) is 11.8 Å². The van der Waals surface area contributed by atoms with Crippen molar-refractivity contribution < 1.29 is 5.41 Å². The van der Waals surface area contributed by atoms with E-state index in [4.69, 9.17) is 11.1 Å². The van der Waals surface area contributed by atoms with Crippen LogP contribution < -0.4 is 11.1 Å². The molecular weight excluding hydrogens is 96.1 g/mol. The second-order valence-corrected chi connectivity index (χ2v) is 1.87. The number of nitrogens with two attached hydrogens (primary N) is 2. The first-order valence-electron chi connectivity index (χ1n) is 1.63. The largest absolute Gasteiger partial charge is 0.291 e. The Bertz CT molecular complexity index is 52.8. The van der Waals surface area contributed by atoms with Gasteiger partial charge in [-0.1, -0.05) is 0 Å². The fourth-order valence-electron chi connectivity index (χ4n) is 0.167. The quantitative estimate of drug-likeness (QED) is 0.330. The molecule has 0 saturated carbocycles. The first kappa shape index (κ1) is 5.82. The van der Waals surface area contributed by atoms with E-state index in [0.717, 1.165) is 5.75 Å². The van der Waals surface area contributed by atoms with E-state index in [-0.39, 0.29) is 0 Å². The number of amidine groups is 1. The molecule has 0 aliphatic carbocycles. The van der Waals surface area contributed by atoms with Crippen molar-refractivity contribution in [2.45, 2.75) is 0 Å². The summed E-state index contributed by atoms with van der Waals surface area (Å²) >= 11 is 1.62. The van der Waals surface area contributed by atoms with Gasteiger partial charge in [-0.15, -0.1) is 0 Å². The van der Waals surface area contributed by atoms with E-state index in [1.807, 2.05) is 6.26 Å². The zero-order chi connectivity index (χ0) is 4.99. The van der Waals surface area contributed by atoms with E-state index in [9.17, 15) is 0 Å². The molecule has 3 heteroatoms. The van der Waals surface area contributed by atoms with Gasteiger partial charge in [-0.05, 0) is 6.26 Å². The minimum Gasteiger partial charge on any atom is -0.291 e. The van der Waals surface area contributed by atoms with Gasteiger partial charge in [0.25, 0.3) is 0 Å². The van der Waals surface area contributed by atoms with Crippen LogP contribution in [0.5, 0.6) is 0 Å². The number of hydrogen-bond acceptors (Lipinski definition) is 1. The Morgan fingerprint density at radius 1 is 2.00 bits per heavy atom. The third-order valence-corrected chi connectivity index (χ3v) is 0.933. The van der Waals surface area contributed by atoms with Crippen LogP contribution in [0, 0.1) is 0 Å². The van der Waals surface area contributed by atoms with Crippen molar-refractivity contribution in [2.24, 2.45) is 5.73 Å². The van der Waals surface area contributed by atoms with Crippen LogP contribution in [-0.4, -0.2) is 17.8 Å². The molecule has 0 rings (SSSR count). The van der Waals surface area contributed by atoms with Crippen molar-refractivity contribution >= 4 is 17.6 Å². The highest BCUT2D eigenvalue weighted by molar-refractivity contribution is 7.99. The Kier molecular flexibility index (Phi) is 2.94. The van der Waals surface area contributed by atoms with E-state index in [1.54, 1.807) is 11.8 Å². The summed E-state index contributed by atoms with van der Waals surface area (Å²) in [4.78, 5) is 0. The monoisotopic (exact) mass is 105 g/mol. The molecule has 0 aromatic heterocycles. The molecule has 6 heavy (non-hydrogen) atoms. The average molecular weight is 105 g/mol. The van der Waals surface area contributed by atoms with Gasteiger partial charge < -0.3 is 0 Å². The first-order chi connectivity index (χ1) is 2.77. The highest BCUT2D eigenvalue weighted by Gasteiger charge is 1.86. The maximum Gasteiger partial charge on any atom is 0.248 e. The van der Waals surface area contributed by atoms with Gasteiger partial charge in [0, 0.05) is 0 Å². The predicted octanol–water partition coefficient (Wildman–Crippen LogP) is -1.53. The summed E-state index contributed by atoms with van der Waals surface area (Å²) in [6.07, 6.45) is 1.96. The summed E-state index contributed by atoms with van der Waals surface area (Å²) in [6, 6.07) is 0. The summed E-state index contributed by atoms with van der Waals surface area (Å²) in [5, 5.41) is 5.08. The summed E-state index contributed by atoms with van der Waals surface area (Å²) < 4.78 is 0. The highest BCUT2D eigenvalue weighted by Crippen LogP contribution is 1.84. The third-order valence-electron chi connectivity index (χ3n) is 0.311. The van der Waals surface area contributed by atoms with Gasteiger partial charge in [0.2, 0.25) is 5.84 Å². The lowest BCUT2D eigenvalue weighted by molar-refractivity contribution is -0.115. The zero-order valence-corrected chi connectivity index (χ0v) is 4.59. The SMILES string of the molecule is CSCC(N)=[NH2+]. The van der Waals surface area contributed by atoms with E-state index in [0.29, 0.717) is 5.84 Å². The fourth-order valence-corrected chi connectivity index (χ4v) is 0.500. The summed E-state index contributed by atoms with van der Waals surface area (Å²) in [5.41, 5.74) is 5.08. The molecule has 0 spiro atoms. The van der Waals surface area contributed by atoms with Crippen LogP contribution in [0.4, 0.5) is 0 Å². The van der Waals surface area contributed by atoms with E-state index < -0.39 is 0 Å². The van der Waals surface area contributed by atoms with Gasteiger partial charge in [0.05, 0.1) is 5.75 Å². The molecule has 0 aromatic carbocycles. The fraction of sp³-hybridized carbons (Fsp3) is 0.667. The maximum atomic E-state index is 5.08. The topological polar surface area (TPSA) is 51.6 Å². The molecule has 0 radical (unpaired) electrons. The number of hydrogen-bond donors (Lipinski definition) is 2. The van der Waals surface area contributed by atoms with Crippen molar-refractivity contribution in [1.82, 2.24) is 0 Å². The Labute approximate surface area is 41.6 Å². The number of thioether (sulfide) groups is 1. The van der Waals surface area contributed by atoms with E-state index >= 15 is 0 Å². The van der Waals surface area contributed by atoms with E-state index in [1.165, 1.54) is 0 Å². The standard InChI is InChI=1S/C3H8N2S/c1-6-2-3(4)5/h2H2,1H3,(H3,4,5)/p+1. The van der Waals surface area contributed by atoms with Crippen LogP contribution in [0.2, 0.25) is 0 Å². The third kappa shape index (κ3) is 3.82. The molecule has 0 saturated heterocycles. The smallest absolute Gasteiger partial charge is 0.248 e. The summed E-state index contributed by atoms with van der Waals surface area (Å²) in [5.74, 6) is 1.27. The molecule has 0 aliphatic heterocycles. The van der Waals surface area contributed by atoms with Crippen molar-refractivity contribution in [3.8, 4) is 0 Å². The van der Waals surface area contributed by atoms with Crippen molar-refractivity contribution in [2.75, 3.05) is 12.0 Å². The molecule has 0 aliphatic rings. The Morgan fingerprint density at radius 2 is 2.50 bits per heavy atom. The molecular formula is C3H9N2S+. The molecule has 0 fully saturated rings. The lowest BCUT2D eigenvalue weighted by Gasteiger charge is -1.79. The summed E-state index contributed by atoms with van der Waals surface area (Å²) in [6.45, 7) is 0. The molecule has 4 N–H and O–H groups in total. The molecule has 0 heterocycles. The van der Waals surface area contributed by atoms with Crippen molar-refractivity contribution in [3.63, 3.8) is 0 Å². The Balaban J connectivity index is 2.83. The summed E-state index contributed by atoms with van der Waals surface area (Å²) in [7, 11) is 0. The highest BCUT2D eigenvalue weighted by atomic mass is 32.2.